The molecule has 2 heterocycles. The topological polar surface area (TPSA) is 37.3 Å². The van der Waals surface area contributed by atoms with Crippen molar-refractivity contribution in [3.05, 3.63) is 44.7 Å². The number of piperidine rings is 1. The van der Waals surface area contributed by atoms with E-state index in [0.29, 0.717) is 6.04 Å². The minimum atomic E-state index is 0.229. The number of quaternary nitrogens is 1. The van der Waals surface area contributed by atoms with Gasteiger partial charge in [-0.3, -0.25) is 4.79 Å². The molecule has 0 amide bonds. The van der Waals surface area contributed by atoms with Crippen LogP contribution in [0.4, 0.5) is 0 Å². The maximum absolute atomic E-state index is 13.0. The van der Waals surface area contributed by atoms with Gasteiger partial charge in [0.1, 0.15) is 6.54 Å². The summed E-state index contributed by atoms with van der Waals surface area (Å²) in [6.45, 7) is 10.6. The molecule has 2 atom stereocenters. The van der Waals surface area contributed by atoms with Gasteiger partial charge in [0.15, 0.2) is 5.43 Å². The Kier molecular flexibility index (Phi) is 4.58. The van der Waals surface area contributed by atoms with Gasteiger partial charge >= 0.3 is 0 Å². The zero-order chi connectivity index (χ0) is 16.6. The highest BCUT2D eigenvalue weighted by Crippen LogP contribution is 2.19. The van der Waals surface area contributed by atoms with Crippen LogP contribution in [-0.2, 0) is 6.54 Å². The summed E-state index contributed by atoms with van der Waals surface area (Å²) in [7, 11) is 0. The van der Waals surface area contributed by atoms with Gasteiger partial charge in [0.2, 0.25) is 0 Å². The number of fused-ring (bicyclic) bond motifs is 1. The number of aromatic amines is 1. The Balaban J connectivity index is 2.04. The molecule has 2 N–H and O–H groups in total. The quantitative estimate of drug-likeness (QED) is 0.898. The highest BCUT2D eigenvalue weighted by atomic mass is 16.1. The van der Waals surface area contributed by atoms with Gasteiger partial charge in [-0.15, -0.1) is 0 Å². The van der Waals surface area contributed by atoms with Gasteiger partial charge in [0, 0.05) is 11.1 Å². The summed E-state index contributed by atoms with van der Waals surface area (Å²) in [6.07, 6.45) is 5.13. The van der Waals surface area contributed by atoms with Crippen molar-refractivity contribution in [1.29, 1.82) is 0 Å². The van der Waals surface area contributed by atoms with E-state index in [4.69, 9.17) is 0 Å². The number of hydrogen-bond donors (Lipinski definition) is 2. The van der Waals surface area contributed by atoms with Gasteiger partial charge in [0.25, 0.3) is 0 Å². The van der Waals surface area contributed by atoms with Crippen molar-refractivity contribution in [2.45, 2.75) is 66.0 Å². The molecular weight excluding hydrogens is 284 g/mol. The molecule has 2 unspecified atom stereocenters. The van der Waals surface area contributed by atoms with Gasteiger partial charge in [-0.1, -0.05) is 13.0 Å². The van der Waals surface area contributed by atoms with Crippen LogP contribution in [0.15, 0.2) is 16.9 Å². The Bertz CT molecular complexity index is 775. The largest absolute Gasteiger partial charge is 0.358 e. The fourth-order valence-corrected chi connectivity index (χ4v) is 4.08. The lowest BCUT2D eigenvalue weighted by Crippen LogP contribution is -3.15. The van der Waals surface area contributed by atoms with Crippen LogP contribution in [0.5, 0.6) is 0 Å². The predicted octanol–water partition coefficient (Wildman–Crippen LogP) is 2.80. The first-order valence-electron chi connectivity index (χ1n) is 8.99. The zero-order valence-electron chi connectivity index (χ0n) is 14.9. The van der Waals surface area contributed by atoms with Crippen LogP contribution in [0.3, 0.4) is 0 Å². The van der Waals surface area contributed by atoms with Crippen LogP contribution in [0.1, 0.15) is 55.0 Å². The number of H-pyrrole nitrogens is 1. The van der Waals surface area contributed by atoms with Crippen LogP contribution < -0.4 is 10.3 Å². The minimum absolute atomic E-state index is 0.229. The van der Waals surface area contributed by atoms with Crippen molar-refractivity contribution < 1.29 is 4.90 Å². The standard InChI is InChI=1S/C20H28N2O/c1-5-16-8-6-7-11-22(16)12-18-15(4)21-19-14(3)13(2)9-10-17(19)20(18)23/h9-10,16H,5-8,11-12H2,1-4H3,(H,21,23)/p+1. The fourth-order valence-electron chi connectivity index (χ4n) is 4.08. The van der Waals surface area contributed by atoms with E-state index in [1.54, 1.807) is 4.90 Å². The molecule has 0 saturated carbocycles. The molecule has 1 saturated heterocycles. The van der Waals surface area contributed by atoms with E-state index in [1.165, 1.54) is 43.4 Å². The highest BCUT2D eigenvalue weighted by Gasteiger charge is 2.26. The van der Waals surface area contributed by atoms with Crippen LogP contribution in [0.2, 0.25) is 0 Å². The van der Waals surface area contributed by atoms with E-state index in [-0.39, 0.29) is 5.43 Å². The molecule has 0 bridgehead atoms. The molecule has 1 aliphatic heterocycles. The molecule has 1 aliphatic rings. The third-order valence-corrected chi connectivity index (χ3v) is 5.79. The number of likely N-dealkylation sites (tertiary alicyclic amines) is 1. The summed E-state index contributed by atoms with van der Waals surface area (Å²) >= 11 is 0. The number of pyridine rings is 1. The van der Waals surface area contributed by atoms with Gasteiger partial charge in [-0.05, 0) is 63.6 Å². The van der Waals surface area contributed by atoms with Crippen LogP contribution >= 0.6 is 0 Å². The van der Waals surface area contributed by atoms with E-state index < -0.39 is 0 Å². The monoisotopic (exact) mass is 313 g/mol. The van der Waals surface area contributed by atoms with Crippen LogP contribution in [-0.4, -0.2) is 17.6 Å². The van der Waals surface area contributed by atoms with Crippen LogP contribution in [0, 0.1) is 20.8 Å². The lowest BCUT2D eigenvalue weighted by molar-refractivity contribution is -0.944. The first-order chi connectivity index (χ1) is 11.0. The van der Waals surface area contributed by atoms with Crippen molar-refractivity contribution in [3.63, 3.8) is 0 Å². The lowest BCUT2D eigenvalue weighted by atomic mass is 9.98. The molecule has 23 heavy (non-hydrogen) atoms. The summed E-state index contributed by atoms with van der Waals surface area (Å²) in [5.74, 6) is 0. The Labute approximate surface area is 138 Å². The second-order valence-electron chi connectivity index (χ2n) is 7.17. The van der Waals surface area contributed by atoms with Crippen LogP contribution in [0.25, 0.3) is 10.9 Å². The molecule has 0 radical (unpaired) electrons. The summed E-state index contributed by atoms with van der Waals surface area (Å²) in [6, 6.07) is 4.76. The summed E-state index contributed by atoms with van der Waals surface area (Å²) in [5.41, 5.74) is 5.68. The third kappa shape index (κ3) is 2.94. The second-order valence-corrected chi connectivity index (χ2v) is 7.17. The molecule has 1 aromatic heterocycles. The summed E-state index contributed by atoms with van der Waals surface area (Å²) in [5, 5.41) is 0.846. The Morgan fingerprint density at radius 1 is 1.22 bits per heavy atom. The molecule has 3 rings (SSSR count). The smallest absolute Gasteiger partial charge is 0.198 e. The predicted molar refractivity (Wildman–Crippen MR) is 96.2 cm³/mol. The Morgan fingerprint density at radius 2 is 2.00 bits per heavy atom. The van der Waals surface area contributed by atoms with E-state index in [9.17, 15) is 4.79 Å². The number of aromatic nitrogens is 1. The Hall–Kier alpha value is -1.61. The highest BCUT2D eigenvalue weighted by molar-refractivity contribution is 5.83. The molecule has 3 nitrogen and oxygen atoms in total. The first kappa shape index (κ1) is 16.3. The van der Waals surface area contributed by atoms with Crippen molar-refractivity contribution in [1.82, 2.24) is 4.98 Å². The molecule has 3 heteroatoms. The average molecular weight is 313 g/mol. The summed E-state index contributed by atoms with van der Waals surface area (Å²) < 4.78 is 0. The Morgan fingerprint density at radius 3 is 2.74 bits per heavy atom. The maximum atomic E-state index is 13.0. The molecule has 0 spiro atoms. The summed E-state index contributed by atoms with van der Waals surface area (Å²) in [4.78, 5) is 18.2. The third-order valence-electron chi connectivity index (χ3n) is 5.79. The van der Waals surface area contributed by atoms with E-state index in [1.807, 2.05) is 6.07 Å². The molecular formula is C20H29N2O+. The number of aryl methyl sites for hydroxylation is 3. The SMILES string of the molecule is CCC1CCCC[NH+]1Cc1c(C)[nH]c2c(C)c(C)ccc2c1=O. The molecule has 1 fully saturated rings. The molecule has 2 aromatic rings. The van der Waals surface area contributed by atoms with Crippen molar-refractivity contribution in [2.24, 2.45) is 0 Å². The average Bonchev–Trinajstić information content (AvgIpc) is 2.55. The number of benzene rings is 1. The normalized spacial score (nSPS) is 21.7. The second kappa shape index (κ2) is 6.48. The number of rotatable bonds is 3. The van der Waals surface area contributed by atoms with Crippen molar-refractivity contribution >= 4 is 10.9 Å². The van der Waals surface area contributed by atoms with Gasteiger partial charge in [-0.2, -0.15) is 0 Å². The number of hydrogen-bond acceptors (Lipinski definition) is 1. The van der Waals surface area contributed by atoms with Gasteiger partial charge in [0.05, 0.1) is 23.7 Å². The van der Waals surface area contributed by atoms with Gasteiger partial charge in [-0.25, -0.2) is 0 Å². The molecule has 124 valence electrons. The molecule has 0 aliphatic carbocycles. The minimum Gasteiger partial charge on any atom is -0.358 e. The lowest BCUT2D eigenvalue weighted by Gasteiger charge is -2.32. The fraction of sp³-hybridized carbons (Fsp3) is 0.550. The van der Waals surface area contributed by atoms with Crippen molar-refractivity contribution in [3.8, 4) is 0 Å². The first-order valence-corrected chi connectivity index (χ1v) is 8.99. The van der Waals surface area contributed by atoms with Crippen molar-refractivity contribution in [2.75, 3.05) is 6.54 Å². The number of nitrogens with one attached hydrogen (secondary N) is 2. The zero-order valence-corrected chi connectivity index (χ0v) is 14.9. The van der Waals surface area contributed by atoms with E-state index in [0.717, 1.165) is 28.7 Å². The maximum Gasteiger partial charge on any atom is 0.198 e. The van der Waals surface area contributed by atoms with E-state index in [2.05, 4.69) is 38.7 Å². The van der Waals surface area contributed by atoms with E-state index >= 15 is 0 Å². The van der Waals surface area contributed by atoms with Gasteiger partial charge < -0.3 is 9.88 Å². The molecule has 1 aromatic carbocycles.